The van der Waals surface area contributed by atoms with Crippen molar-refractivity contribution in [2.24, 2.45) is 10.8 Å². The van der Waals surface area contributed by atoms with E-state index in [1.807, 2.05) is 11.2 Å². The first-order chi connectivity index (χ1) is 16.9. The summed E-state index contributed by atoms with van der Waals surface area (Å²) in [6, 6.07) is 6.82. The van der Waals surface area contributed by atoms with E-state index in [9.17, 15) is 13.2 Å². The quantitative estimate of drug-likeness (QED) is 0.517. The zero-order valence-electron chi connectivity index (χ0n) is 19.7. The van der Waals surface area contributed by atoms with Crippen molar-refractivity contribution in [1.82, 2.24) is 14.9 Å². The number of carbonyl (C=O) groups excluding carboxylic acids is 1. The Balaban J connectivity index is 1.30. The molecule has 2 aromatic rings. The number of hydrogen-bond donors (Lipinski definition) is 2. The number of hydrazone groups is 1. The SMILES string of the molecule is NC1CCN(Cc2cnc(NC(=O)C(=NN3CCCC3)c3ccc(S(=O)(=O)C4CC4)cc3)s2)CC1. The van der Waals surface area contributed by atoms with Gasteiger partial charge in [0.1, 0.15) is 0 Å². The lowest BCUT2D eigenvalue weighted by Gasteiger charge is -2.29. The summed E-state index contributed by atoms with van der Waals surface area (Å²) < 4.78 is 25.1. The number of nitrogens with zero attached hydrogens (tertiary/aromatic N) is 4. The van der Waals surface area contributed by atoms with Crippen molar-refractivity contribution in [1.29, 1.82) is 0 Å². The van der Waals surface area contributed by atoms with Gasteiger partial charge in [-0.1, -0.05) is 12.1 Å². The fraction of sp³-hybridized carbons (Fsp3) is 0.542. The molecule has 2 saturated heterocycles. The van der Waals surface area contributed by atoms with E-state index in [-0.39, 0.29) is 16.9 Å². The number of hydrogen-bond acceptors (Lipinski definition) is 9. The Kier molecular flexibility index (Phi) is 7.19. The van der Waals surface area contributed by atoms with Crippen LogP contribution in [0.25, 0.3) is 0 Å². The van der Waals surface area contributed by atoms with Crippen molar-refractivity contribution in [3.8, 4) is 0 Å². The lowest BCUT2D eigenvalue weighted by Crippen LogP contribution is -2.39. The van der Waals surface area contributed by atoms with Crippen LogP contribution in [0.15, 0.2) is 40.5 Å². The summed E-state index contributed by atoms with van der Waals surface area (Å²) in [5.41, 5.74) is 6.86. The molecule has 3 heterocycles. The molecule has 188 valence electrons. The first-order valence-electron chi connectivity index (χ1n) is 12.3. The number of rotatable bonds is 8. The molecule has 0 radical (unpaired) electrons. The molecular formula is C24H32N6O3S2. The normalized spacial score (nSPS) is 20.4. The van der Waals surface area contributed by atoms with E-state index in [0.717, 1.165) is 76.1 Å². The van der Waals surface area contributed by atoms with E-state index in [4.69, 9.17) is 5.73 Å². The second-order valence-corrected chi connectivity index (χ2v) is 12.9. The van der Waals surface area contributed by atoms with Crippen LogP contribution in [0.3, 0.4) is 0 Å². The number of anilines is 1. The van der Waals surface area contributed by atoms with Crippen LogP contribution >= 0.6 is 11.3 Å². The van der Waals surface area contributed by atoms with Crippen LogP contribution in [0.2, 0.25) is 0 Å². The minimum absolute atomic E-state index is 0.268. The summed E-state index contributed by atoms with van der Waals surface area (Å²) in [7, 11) is -3.28. The maximum atomic E-state index is 13.3. The van der Waals surface area contributed by atoms with Gasteiger partial charge in [0.05, 0.1) is 10.1 Å². The molecule has 11 heteroatoms. The smallest absolute Gasteiger partial charge is 0.278 e. The Bertz CT molecular complexity index is 1180. The van der Waals surface area contributed by atoms with Gasteiger partial charge >= 0.3 is 0 Å². The maximum Gasteiger partial charge on any atom is 0.278 e. The highest BCUT2D eigenvalue weighted by molar-refractivity contribution is 7.92. The van der Waals surface area contributed by atoms with E-state index in [2.05, 4.69) is 20.3 Å². The van der Waals surface area contributed by atoms with Gasteiger partial charge in [0.15, 0.2) is 20.7 Å². The third kappa shape index (κ3) is 5.91. The predicted octanol–water partition coefficient (Wildman–Crippen LogP) is 2.44. The fourth-order valence-corrected chi connectivity index (χ4v) is 6.98. The van der Waals surface area contributed by atoms with Gasteiger partial charge in [-0.15, -0.1) is 11.3 Å². The van der Waals surface area contributed by atoms with E-state index in [1.165, 1.54) is 11.3 Å². The van der Waals surface area contributed by atoms with E-state index in [1.54, 1.807) is 24.3 Å². The zero-order chi connectivity index (χ0) is 24.4. The zero-order valence-corrected chi connectivity index (χ0v) is 21.4. The Morgan fingerprint density at radius 2 is 1.77 bits per heavy atom. The number of sulfone groups is 1. The Hall–Kier alpha value is -2.34. The van der Waals surface area contributed by atoms with Gasteiger partial charge in [-0.3, -0.25) is 20.0 Å². The van der Waals surface area contributed by atoms with Crippen LogP contribution < -0.4 is 11.1 Å². The summed E-state index contributed by atoms with van der Waals surface area (Å²) in [4.78, 5) is 21.4. The molecule has 1 aromatic carbocycles. The third-order valence-electron chi connectivity index (χ3n) is 6.74. The fourth-order valence-electron chi connectivity index (χ4n) is 4.48. The summed E-state index contributed by atoms with van der Waals surface area (Å²) in [5.74, 6) is -0.348. The predicted molar refractivity (Wildman–Crippen MR) is 137 cm³/mol. The molecule has 9 nitrogen and oxygen atoms in total. The summed E-state index contributed by atoms with van der Waals surface area (Å²) in [6.45, 7) is 4.34. The average molecular weight is 517 g/mol. The number of nitrogens with two attached hydrogens (primary N) is 1. The molecule has 3 N–H and O–H groups in total. The van der Waals surface area contributed by atoms with Gasteiger partial charge in [0, 0.05) is 42.3 Å². The number of amides is 1. The number of aromatic nitrogens is 1. The van der Waals surface area contributed by atoms with Gasteiger partial charge in [0.2, 0.25) is 0 Å². The number of thiazole rings is 1. The molecule has 2 aliphatic heterocycles. The second kappa shape index (κ2) is 10.3. The highest BCUT2D eigenvalue weighted by Crippen LogP contribution is 2.33. The van der Waals surface area contributed by atoms with Crippen molar-refractivity contribution < 1.29 is 13.2 Å². The van der Waals surface area contributed by atoms with E-state index < -0.39 is 9.84 Å². The standard InChI is InChI=1S/C24H32N6O3S2/c25-18-9-13-29(14-10-18)16-19-15-26-24(34-19)27-23(31)22(28-30-11-1-2-12-30)17-3-5-20(6-4-17)35(32,33)21-7-8-21/h3-6,15,18,21H,1-2,7-14,16,25H2,(H,26,27,31). The van der Waals surface area contributed by atoms with E-state index >= 15 is 0 Å². The Morgan fingerprint density at radius 1 is 1.09 bits per heavy atom. The Labute approximate surface area is 210 Å². The molecule has 1 aliphatic carbocycles. The number of piperidine rings is 1. The van der Waals surface area contributed by atoms with Crippen LogP contribution in [0.1, 0.15) is 49.0 Å². The van der Waals surface area contributed by atoms with Gasteiger partial charge in [0.25, 0.3) is 5.91 Å². The van der Waals surface area contributed by atoms with Gasteiger partial charge in [-0.25, -0.2) is 13.4 Å². The van der Waals surface area contributed by atoms with E-state index in [0.29, 0.717) is 21.6 Å². The molecule has 3 fully saturated rings. The number of carbonyl (C=O) groups is 1. The van der Waals surface area contributed by atoms with Crippen molar-refractivity contribution in [3.05, 3.63) is 40.9 Å². The Morgan fingerprint density at radius 3 is 2.43 bits per heavy atom. The van der Waals surface area contributed by atoms with Crippen molar-refractivity contribution in [2.45, 2.75) is 61.3 Å². The molecule has 0 atom stereocenters. The highest BCUT2D eigenvalue weighted by atomic mass is 32.2. The van der Waals surface area contributed by atoms with Crippen LogP contribution in [-0.4, -0.2) is 72.4 Å². The average Bonchev–Trinajstić information content (AvgIpc) is 3.44. The topological polar surface area (TPSA) is 121 Å². The third-order valence-corrected chi connectivity index (χ3v) is 9.92. The first-order valence-corrected chi connectivity index (χ1v) is 14.7. The molecule has 0 spiro atoms. The van der Waals surface area contributed by atoms with Crippen LogP contribution in [-0.2, 0) is 21.2 Å². The number of nitrogens with one attached hydrogen (secondary N) is 1. The molecule has 5 rings (SSSR count). The molecule has 1 aromatic heterocycles. The van der Waals surface area contributed by atoms with Crippen LogP contribution in [0, 0.1) is 0 Å². The summed E-state index contributed by atoms with van der Waals surface area (Å²) in [5, 5.41) is 9.70. The van der Waals surface area contributed by atoms with Gasteiger partial charge < -0.3 is 5.73 Å². The first kappa shape index (κ1) is 24.4. The molecule has 3 aliphatic rings. The molecule has 35 heavy (non-hydrogen) atoms. The van der Waals surface area contributed by atoms with Crippen molar-refractivity contribution in [3.63, 3.8) is 0 Å². The summed E-state index contributed by atoms with van der Waals surface area (Å²) >= 11 is 1.46. The van der Waals surface area contributed by atoms with Crippen LogP contribution in [0.5, 0.6) is 0 Å². The largest absolute Gasteiger partial charge is 0.328 e. The van der Waals surface area contributed by atoms with Crippen molar-refractivity contribution in [2.75, 3.05) is 31.5 Å². The molecule has 0 bridgehead atoms. The van der Waals surface area contributed by atoms with Crippen LogP contribution in [0.4, 0.5) is 5.13 Å². The molecule has 0 unspecified atom stereocenters. The lowest BCUT2D eigenvalue weighted by molar-refractivity contribution is -0.110. The molecular weight excluding hydrogens is 484 g/mol. The van der Waals surface area contributed by atoms with Gasteiger partial charge in [-0.05, 0) is 63.7 Å². The molecule has 1 amide bonds. The lowest BCUT2D eigenvalue weighted by atomic mass is 10.1. The summed E-state index contributed by atoms with van der Waals surface area (Å²) in [6.07, 6.45) is 7.31. The minimum atomic E-state index is -3.28. The minimum Gasteiger partial charge on any atom is -0.328 e. The maximum absolute atomic E-state index is 13.3. The second-order valence-electron chi connectivity index (χ2n) is 9.58. The van der Waals surface area contributed by atoms with Gasteiger partial charge in [-0.2, -0.15) is 5.10 Å². The highest BCUT2D eigenvalue weighted by Gasteiger charge is 2.36. The monoisotopic (exact) mass is 516 g/mol. The number of benzene rings is 1. The molecule has 1 saturated carbocycles. The number of likely N-dealkylation sites (tertiary alicyclic amines) is 1. The van der Waals surface area contributed by atoms with Crippen molar-refractivity contribution >= 4 is 37.9 Å².